The maximum absolute atomic E-state index is 8.87. The predicted molar refractivity (Wildman–Crippen MR) is 77.5 cm³/mol. The summed E-state index contributed by atoms with van der Waals surface area (Å²) in [5, 5.41) is 8.87. The fraction of sp³-hybridized carbons (Fsp3) is 0.500. The summed E-state index contributed by atoms with van der Waals surface area (Å²) in [4.78, 5) is 2.44. The van der Waals surface area contributed by atoms with Gasteiger partial charge >= 0.3 is 0 Å². The van der Waals surface area contributed by atoms with Crippen LogP contribution in [-0.2, 0) is 6.54 Å². The highest BCUT2D eigenvalue weighted by molar-refractivity contribution is 5.15. The van der Waals surface area contributed by atoms with E-state index in [1.54, 1.807) is 0 Å². The average molecular weight is 247 g/mol. The molecule has 1 aromatic carbocycles. The molecule has 0 radical (unpaired) electrons. The molecule has 2 heteroatoms. The monoisotopic (exact) mass is 247 g/mol. The Balaban J connectivity index is 0.000000771. The van der Waals surface area contributed by atoms with Crippen molar-refractivity contribution in [2.24, 2.45) is 0 Å². The summed E-state index contributed by atoms with van der Waals surface area (Å²) >= 11 is 0. The second-order valence-electron chi connectivity index (χ2n) is 4.31. The second-order valence-corrected chi connectivity index (χ2v) is 4.31. The van der Waals surface area contributed by atoms with Gasteiger partial charge in [-0.15, -0.1) is 0 Å². The van der Waals surface area contributed by atoms with E-state index in [0.717, 1.165) is 32.5 Å². The lowest BCUT2D eigenvalue weighted by Crippen LogP contribution is -2.28. The van der Waals surface area contributed by atoms with Crippen LogP contribution in [0.3, 0.4) is 0 Å². The summed E-state index contributed by atoms with van der Waals surface area (Å²) < 4.78 is 0. The molecule has 1 aromatic rings. The van der Waals surface area contributed by atoms with Gasteiger partial charge in [-0.25, -0.2) is 0 Å². The van der Waals surface area contributed by atoms with Gasteiger partial charge in [0.25, 0.3) is 0 Å². The molecule has 0 amide bonds. The standard InChI is InChI=1S/C14H19NO.C2H6/c16-11-8-13-6-9-15(10-7-13)12-14-4-2-1-3-5-14;1-2/h1-6,16H,7-12H2;1-2H3. The molecule has 0 saturated carbocycles. The van der Waals surface area contributed by atoms with E-state index in [-0.39, 0.29) is 6.61 Å². The number of hydrogen-bond acceptors (Lipinski definition) is 2. The van der Waals surface area contributed by atoms with Crippen LogP contribution in [0.15, 0.2) is 42.0 Å². The molecule has 18 heavy (non-hydrogen) atoms. The smallest absolute Gasteiger partial charge is 0.0468 e. The Morgan fingerprint density at radius 1 is 1.17 bits per heavy atom. The van der Waals surface area contributed by atoms with Crippen molar-refractivity contribution in [1.82, 2.24) is 4.90 Å². The van der Waals surface area contributed by atoms with Crippen molar-refractivity contribution in [2.75, 3.05) is 19.7 Å². The van der Waals surface area contributed by atoms with Gasteiger partial charge in [-0.3, -0.25) is 4.90 Å². The van der Waals surface area contributed by atoms with E-state index in [0.29, 0.717) is 0 Å². The molecule has 0 bridgehead atoms. The minimum Gasteiger partial charge on any atom is -0.396 e. The Labute approximate surface area is 111 Å². The molecule has 0 spiro atoms. The first-order valence-electron chi connectivity index (χ1n) is 6.93. The largest absolute Gasteiger partial charge is 0.396 e. The summed E-state index contributed by atoms with van der Waals surface area (Å²) in [6.07, 6.45) is 4.22. The van der Waals surface area contributed by atoms with Crippen molar-refractivity contribution in [3.63, 3.8) is 0 Å². The van der Waals surface area contributed by atoms with Crippen molar-refractivity contribution in [1.29, 1.82) is 0 Å². The fourth-order valence-corrected chi connectivity index (χ4v) is 2.11. The van der Waals surface area contributed by atoms with Gasteiger partial charge in [0.05, 0.1) is 0 Å². The van der Waals surface area contributed by atoms with Gasteiger partial charge in [0.2, 0.25) is 0 Å². The van der Waals surface area contributed by atoms with E-state index < -0.39 is 0 Å². The van der Waals surface area contributed by atoms with E-state index in [1.807, 2.05) is 13.8 Å². The maximum Gasteiger partial charge on any atom is 0.0468 e. The molecule has 0 aliphatic carbocycles. The van der Waals surface area contributed by atoms with E-state index >= 15 is 0 Å². The number of nitrogens with zero attached hydrogens (tertiary/aromatic N) is 1. The quantitative estimate of drug-likeness (QED) is 0.826. The lowest BCUT2D eigenvalue weighted by Gasteiger charge is -2.26. The maximum atomic E-state index is 8.87. The average Bonchev–Trinajstić information content (AvgIpc) is 2.45. The Bertz CT molecular complexity index is 345. The molecular formula is C16H25NO. The van der Waals surface area contributed by atoms with Crippen LogP contribution in [0.5, 0.6) is 0 Å². The normalized spacial score (nSPS) is 15.6. The molecule has 1 heterocycles. The zero-order chi connectivity index (χ0) is 13.2. The van der Waals surface area contributed by atoms with E-state index in [2.05, 4.69) is 41.3 Å². The molecule has 0 atom stereocenters. The highest BCUT2D eigenvalue weighted by Gasteiger charge is 2.11. The van der Waals surface area contributed by atoms with Crippen molar-refractivity contribution in [3.8, 4) is 0 Å². The van der Waals surface area contributed by atoms with Gasteiger partial charge < -0.3 is 5.11 Å². The molecule has 0 unspecified atom stereocenters. The van der Waals surface area contributed by atoms with Crippen LogP contribution in [0.4, 0.5) is 0 Å². The number of rotatable bonds is 4. The van der Waals surface area contributed by atoms with Gasteiger partial charge in [-0.1, -0.05) is 55.8 Å². The summed E-state index contributed by atoms with van der Waals surface area (Å²) in [6, 6.07) is 10.6. The third-order valence-corrected chi connectivity index (χ3v) is 3.07. The van der Waals surface area contributed by atoms with E-state index in [4.69, 9.17) is 5.11 Å². The Hall–Kier alpha value is -1.12. The first-order chi connectivity index (χ1) is 8.88. The van der Waals surface area contributed by atoms with Crippen LogP contribution in [0.2, 0.25) is 0 Å². The Kier molecular flexibility index (Phi) is 7.38. The van der Waals surface area contributed by atoms with Crippen LogP contribution in [0, 0.1) is 0 Å². The van der Waals surface area contributed by atoms with Crippen LogP contribution >= 0.6 is 0 Å². The van der Waals surface area contributed by atoms with Gasteiger partial charge in [0, 0.05) is 26.2 Å². The summed E-state index contributed by atoms with van der Waals surface area (Å²) in [5.74, 6) is 0. The number of hydrogen-bond donors (Lipinski definition) is 1. The number of aliphatic hydroxyl groups excluding tert-OH is 1. The summed E-state index contributed by atoms with van der Waals surface area (Å²) in [5.41, 5.74) is 2.79. The molecule has 0 fully saturated rings. The lowest BCUT2D eigenvalue weighted by molar-refractivity contribution is 0.269. The van der Waals surface area contributed by atoms with Crippen molar-refractivity contribution >= 4 is 0 Å². The third kappa shape index (κ3) is 5.03. The highest BCUT2D eigenvalue weighted by Crippen LogP contribution is 2.15. The molecule has 100 valence electrons. The molecule has 1 aliphatic heterocycles. The first kappa shape index (κ1) is 14.9. The van der Waals surface area contributed by atoms with Crippen LogP contribution in [-0.4, -0.2) is 29.7 Å². The minimum atomic E-state index is 0.282. The van der Waals surface area contributed by atoms with Gasteiger partial charge in [-0.2, -0.15) is 0 Å². The minimum absolute atomic E-state index is 0.282. The SMILES string of the molecule is CC.OCCC1=CCN(Cc2ccccc2)CC1. The molecule has 0 saturated heterocycles. The summed E-state index contributed by atoms with van der Waals surface area (Å²) in [6.45, 7) is 7.44. The molecule has 2 nitrogen and oxygen atoms in total. The Morgan fingerprint density at radius 2 is 1.89 bits per heavy atom. The lowest BCUT2D eigenvalue weighted by atomic mass is 10.0. The van der Waals surface area contributed by atoms with Gasteiger partial charge in [0.15, 0.2) is 0 Å². The molecular weight excluding hydrogens is 222 g/mol. The van der Waals surface area contributed by atoms with Gasteiger partial charge in [0.1, 0.15) is 0 Å². The molecule has 1 aliphatic rings. The third-order valence-electron chi connectivity index (χ3n) is 3.07. The number of benzene rings is 1. The van der Waals surface area contributed by atoms with Crippen molar-refractivity contribution < 1.29 is 5.11 Å². The molecule has 0 aromatic heterocycles. The first-order valence-corrected chi connectivity index (χ1v) is 6.93. The fourth-order valence-electron chi connectivity index (χ4n) is 2.11. The zero-order valence-electron chi connectivity index (χ0n) is 11.6. The van der Waals surface area contributed by atoms with Crippen LogP contribution in [0.1, 0.15) is 32.3 Å². The number of aliphatic hydroxyl groups is 1. The molecule has 2 rings (SSSR count). The molecule has 1 N–H and O–H groups in total. The van der Waals surface area contributed by atoms with Crippen LogP contribution in [0.25, 0.3) is 0 Å². The highest BCUT2D eigenvalue weighted by atomic mass is 16.2. The van der Waals surface area contributed by atoms with Crippen molar-refractivity contribution in [3.05, 3.63) is 47.5 Å². The zero-order valence-corrected chi connectivity index (χ0v) is 11.6. The van der Waals surface area contributed by atoms with Crippen molar-refractivity contribution in [2.45, 2.75) is 33.2 Å². The predicted octanol–water partition coefficient (Wildman–Crippen LogP) is 3.23. The summed E-state index contributed by atoms with van der Waals surface area (Å²) in [7, 11) is 0. The Morgan fingerprint density at radius 3 is 2.44 bits per heavy atom. The van der Waals surface area contributed by atoms with Gasteiger partial charge in [-0.05, 0) is 18.4 Å². The second kappa shape index (κ2) is 8.90. The van der Waals surface area contributed by atoms with Crippen LogP contribution < -0.4 is 0 Å². The van der Waals surface area contributed by atoms with E-state index in [1.165, 1.54) is 11.1 Å². The van der Waals surface area contributed by atoms with E-state index in [9.17, 15) is 0 Å². The topological polar surface area (TPSA) is 23.5 Å².